The van der Waals surface area contributed by atoms with Gasteiger partial charge in [0.05, 0.1) is 6.04 Å². The largest absolute Gasteiger partial charge is 0.370 e. The lowest BCUT2D eigenvalue weighted by Crippen LogP contribution is -2.49. The van der Waals surface area contributed by atoms with Gasteiger partial charge in [0.15, 0.2) is 5.78 Å². The number of amides is 1. The summed E-state index contributed by atoms with van der Waals surface area (Å²) in [5.41, 5.74) is 12.8. The first-order valence-corrected chi connectivity index (χ1v) is 8.81. The van der Waals surface area contributed by atoms with Gasteiger partial charge in [-0.3, -0.25) is 9.59 Å². The molecular formula is C23H22N2O2. The molecule has 0 aromatic heterocycles. The first-order chi connectivity index (χ1) is 13.1. The molecule has 0 saturated carbocycles. The number of benzene rings is 3. The van der Waals surface area contributed by atoms with Gasteiger partial charge in [0.1, 0.15) is 5.41 Å². The van der Waals surface area contributed by atoms with Crippen molar-refractivity contribution in [1.29, 1.82) is 0 Å². The Hall–Kier alpha value is -3.24. The number of hydrogen-bond acceptors (Lipinski definition) is 3. The van der Waals surface area contributed by atoms with Crippen molar-refractivity contribution in [1.82, 2.24) is 0 Å². The summed E-state index contributed by atoms with van der Waals surface area (Å²) in [4.78, 5) is 25.2. The van der Waals surface area contributed by atoms with Crippen molar-refractivity contribution in [2.24, 2.45) is 11.5 Å². The van der Waals surface area contributed by atoms with E-state index in [4.69, 9.17) is 11.5 Å². The van der Waals surface area contributed by atoms with Crippen LogP contribution in [0.5, 0.6) is 0 Å². The Labute approximate surface area is 158 Å². The van der Waals surface area contributed by atoms with E-state index in [1.54, 1.807) is 0 Å². The lowest BCUT2D eigenvalue weighted by Gasteiger charge is -2.36. The third kappa shape index (κ3) is 3.52. The lowest BCUT2D eigenvalue weighted by molar-refractivity contribution is -0.127. The number of rotatable bonds is 7. The summed E-state index contributed by atoms with van der Waals surface area (Å²) in [5, 5.41) is 0. The molecule has 0 bridgehead atoms. The molecule has 0 fully saturated rings. The number of Topliss-reactive ketones (excluding diaryl/α,β-unsaturated/α-hetero) is 1. The fourth-order valence-corrected chi connectivity index (χ4v) is 3.58. The van der Waals surface area contributed by atoms with E-state index in [0.717, 1.165) is 16.7 Å². The van der Waals surface area contributed by atoms with Crippen molar-refractivity contribution in [2.45, 2.75) is 17.9 Å². The predicted octanol–water partition coefficient (Wildman–Crippen LogP) is 2.79. The third-order valence-electron chi connectivity index (χ3n) is 4.75. The second kappa shape index (κ2) is 7.98. The van der Waals surface area contributed by atoms with E-state index in [1.807, 2.05) is 91.0 Å². The fraction of sp³-hybridized carbons (Fsp3) is 0.130. The van der Waals surface area contributed by atoms with Crippen LogP contribution in [0.25, 0.3) is 0 Å². The summed E-state index contributed by atoms with van der Waals surface area (Å²) in [6, 6.07) is 27.5. The second-order valence-electron chi connectivity index (χ2n) is 6.49. The van der Waals surface area contributed by atoms with E-state index in [9.17, 15) is 9.59 Å². The average molecular weight is 358 g/mol. The summed E-state index contributed by atoms with van der Waals surface area (Å²) >= 11 is 0. The molecule has 0 heterocycles. The molecule has 136 valence electrons. The summed E-state index contributed by atoms with van der Waals surface area (Å²) in [5.74, 6) is -0.858. The SMILES string of the molecule is NC(=O)C[C@H](N)C(=O)C(c1ccccc1)(c1ccccc1)c1ccccc1. The number of primary amides is 1. The minimum absolute atomic E-state index is 0.201. The normalized spacial score (nSPS) is 12.3. The highest BCUT2D eigenvalue weighted by Gasteiger charge is 2.45. The van der Waals surface area contributed by atoms with Gasteiger partial charge < -0.3 is 11.5 Å². The Bertz CT molecular complexity index is 812. The van der Waals surface area contributed by atoms with Crippen LogP contribution in [0.1, 0.15) is 23.1 Å². The highest BCUT2D eigenvalue weighted by atomic mass is 16.1. The molecule has 3 aromatic carbocycles. The number of carbonyl (C=O) groups excluding carboxylic acids is 2. The molecule has 0 aliphatic rings. The summed E-state index contributed by atoms with van der Waals surface area (Å²) in [7, 11) is 0. The van der Waals surface area contributed by atoms with Crippen molar-refractivity contribution in [3.8, 4) is 0 Å². The maximum absolute atomic E-state index is 13.8. The van der Waals surface area contributed by atoms with Crippen LogP contribution in [0, 0.1) is 0 Å². The summed E-state index contributed by atoms with van der Waals surface area (Å²) < 4.78 is 0. The second-order valence-corrected chi connectivity index (χ2v) is 6.49. The zero-order valence-electron chi connectivity index (χ0n) is 14.9. The Balaban J connectivity index is 2.33. The predicted molar refractivity (Wildman–Crippen MR) is 106 cm³/mol. The average Bonchev–Trinajstić information content (AvgIpc) is 2.70. The number of carbonyl (C=O) groups is 2. The molecule has 1 atom stereocenters. The smallest absolute Gasteiger partial charge is 0.219 e. The first kappa shape index (κ1) is 18.5. The third-order valence-corrected chi connectivity index (χ3v) is 4.75. The molecule has 0 spiro atoms. The van der Waals surface area contributed by atoms with Gasteiger partial charge in [0.25, 0.3) is 0 Å². The minimum Gasteiger partial charge on any atom is -0.370 e. The van der Waals surface area contributed by atoms with E-state index < -0.39 is 17.4 Å². The van der Waals surface area contributed by atoms with E-state index in [1.165, 1.54) is 0 Å². The topological polar surface area (TPSA) is 86.2 Å². The molecule has 3 rings (SSSR count). The Kier molecular flexibility index (Phi) is 5.48. The molecule has 27 heavy (non-hydrogen) atoms. The van der Waals surface area contributed by atoms with Gasteiger partial charge in [0.2, 0.25) is 5.91 Å². The molecule has 0 radical (unpaired) electrons. The van der Waals surface area contributed by atoms with Crippen molar-refractivity contribution in [3.63, 3.8) is 0 Å². The van der Waals surface area contributed by atoms with Crippen molar-refractivity contribution >= 4 is 11.7 Å². The van der Waals surface area contributed by atoms with Crippen LogP contribution in [0.2, 0.25) is 0 Å². The van der Waals surface area contributed by atoms with Crippen LogP contribution in [-0.4, -0.2) is 17.7 Å². The zero-order chi connectivity index (χ0) is 19.3. The molecule has 1 amide bonds. The zero-order valence-corrected chi connectivity index (χ0v) is 14.9. The maximum atomic E-state index is 13.8. The van der Waals surface area contributed by atoms with Crippen LogP contribution in [0.15, 0.2) is 91.0 Å². The van der Waals surface area contributed by atoms with E-state index in [2.05, 4.69) is 0 Å². The van der Waals surface area contributed by atoms with Crippen LogP contribution < -0.4 is 11.5 Å². The van der Waals surface area contributed by atoms with Gasteiger partial charge in [-0.1, -0.05) is 91.0 Å². The van der Waals surface area contributed by atoms with Gasteiger partial charge in [-0.2, -0.15) is 0 Å². The van der Waals surface area contributed by atoms with Crippen LogP contribution in [0.4, 0.5) is 0 Å². The fourth-order valence-electron chi connectivity index (χ4n) is 3.58. The standard InChI is InChI=1S/C23H22N2O2/c24-20(16-21(25)26)22(27)23(17-10-4-1-5-11-17,18-12-6-2-7-13-18)19-14-8-3-9-15-19/h1-15,20H,16,24H2,(H2,25,26)/t20-/m0/s1. The number of nitrogens with two attached hydrogens (primary N) is 2. The molecule has 0 aliphatic carbocycles. The Morgan fingerprint density at radius 2 is 1.04 bits per heavy atom. The lowest BCUT2D eigenvalue weighted by atomic mass is 9.65. The van der Waals surface area contributed by atoms with E-state index in [-0.39, 0.29) is 12.2 Å². The molecule has 0 saturated heterocycles. The highest BCUT2D eigenvalue weighted by Crippen LogP contribution is 2.41. The Morgan fingerprint density at radius 3 is 1.33 bits per heavy atom. The van der Waals surface area contributed by atoms with Gasteiger partial charge >= 0.3 is 0 Å². The van der Waals surface area contributed by atoms with Gasteiger partial charge in [0, 0.05) is 6.42 Å². The van der Waals surface area contributed by atoms with E-state index >= 15 is 0 Å². The van der Waals surface area contributed by atoms with Crippen molar-refractivity contribution < 1.29 is 9.59 Å². The summed E-state index contributed by atoms with van der Waals surface area (Å²) in [6.07, 6.45) is -0.201. The molecule has 4 heteroatoms. The monoisotopic (exact) mass is 358 g/mol. The van der Waals surface area contributed by atoms with Gasteiger partial charge in [-0.05, 0) is 16.7 Å². The van der Waals surface area contributed by atoms with E-state index in [0.29, 0.717) is 0 Å². The Morgan fingerprint density at radius 1 is 0.704 bits per heavy atom. The van der Waals surface area contributed by atoms with Gasteiger partial charge in [-0.25, -0.2) is 0 Å². The maximum Gasteiger partial charge on any atom is 0.219 e. The quantitative estimate of drug-likeness (QED) is 0.637. The summed E-state index contributed by atoms with van der Waals surface area (Å²) in [6.45, 7) is 0. The molecular weight excluding hydrogens is 336 g/mol. The van der Waals surface area contributed by atoms with Crippen molar-refractivity contribution in [2.75, 3.05) is 0 Å². The molecule has 0 unspecified atom stereocenters. The highest BCUT2D eigenvalue weighted by molar-refractivity contribution is 6.02. The van der Waals surface area contributed by atoms with Crippen LogP contribution in [-0.2, 0) is 15.0 Å². The minimum atomic E-state index is -1.13. The number of hydrogen-bond donors (Lipinski definition) is 2. The van der Waals surface area contributed by atoms with Crippen molar-refractivity contribution in [3.05, 3.63) is 108 Å². The first-order valence-electron chi connectivity index (χ1n) is 8.81. The molecule has 4 N–H and O–H groups in total. The number of ketones is 1. The van der Waals surface area contributed by atoms with Gasteiger partial charge in [-0.15, -0.1) is 0 Å². The molecule has 3 aromatic rings. The molecule has 0 aliphatic heterocycles. The van der Waals surface area contributed by atoms with Crippen LogP contribution in [0.3, 0.4) is 0 Å². The van der Waals surface area contributed by atoms with Crippen LogP contribution >= 0.6 is 0 Å². The molecule has 4 nitrogen and oxygen atoms in total.